The molecule has 1 unspecified atom stereocenters. The highest BCUT2D eigenvalue weighted by Crippen LogP contribution is 2.27. The van der Waals surface area contributed by atoms with Crippen LogP contribution in [0.5, 0.6) is 0 Å². The molecule has 1 amide bonds. The van der Waals surface area contributed by atoms with Gasteiger partial charge in [-0.1, -0.05) is 6.08 Å². The van der Waals surface area contributed by atoms with E-state index in [1.165, 1.54) is 0 Å². The van der Waals surface area contributed by atoms with Crippen molar-refractivity contribution < 1.29 is 14.3 Å². The monoisotopic (exact) mass is 211 g/mol. The average molecular weight is 211 g/mol. The number of hydrogen-bond donors (Lipinski definition) is 1. The zero-order valence-corrected chi connectivity index (χ0v) is 9.04. The maximum atomic E-state index is 11.7. The highest BCUT2D eigenvalue weighted by atomic mass is 16.5. The van der Waals surface area contributed by atoms with Crippen LogP contribution in [0, 0.1) is 0 Å². The molecule has 4 nitrogen and oxygen atoms in total. The van der Waals surface area contributed by atoms with Crippen LogP contribution >= 0.6 is 0 Å². The summed E-state index contributed by atoms with van der Waals surface area (Å²) >= 11 is 0. The topological polar surface area (TPSA) is 55.4 Å². The van der Waals surface area contributed by atoms with Gasteiger partial charge in [0.2, 0.25) is 5.91 Å². The Labute approximate surface area is 89.7 Å². The van der Waals surface area contributed by atoms with Crippen LogP contribution in [0.2, 0.25) is 0 Å². The third kappa shape index (κ3) is 2.58. The van der Waals surface area contributed by atoms with Crippen LogP contribution in [0.25, 0.3) is 0 Å². The summed E-state index contributed by atoms with van der Waals surface area (Å²) in [5.41, 5.74) is -0.804. The lowest BCUT2D eigenvalue weighted by Gasteiger charge is -2.25. The lowest BCUT2D eigenvalue weighted by atomic mass is 9.92. The standard InChI is InChI=1S/C11H17NO3/c1-3-5-7-11(10(14)15-4-2)8-6-9(13)12-11/h3H,1,4-8H2,2H3,(H,12,13). The molecule has 1 fully saturated rings. The van der Waals surface area contributed by atoms with Crippen LogP contribution in [0.4, 0.5) is 0 Å². The number of esters is 1. The van der Waals surface area contributed by atoms with E-state index in [0.29, 0.717) is 32.3 Å². The van der Waals surface area contributed by atoms with Crippen LogP contribution < -0.4 is 5.32 Å². The fourth-order valence-electron chi connectivity index (χ4n) is 1.78. The zero-order valence-electron chi connectivity index (χ0n) is 9.04. The van der Waals surface area contributed by atoms with Crippen LogP contribution in [0.15, 0.2) is 12.7 Å². The van der Waals surface area contributed by atoms with Gasteiger partial charge in [-0.15, -0.1) is 6.58 Å². The Kier molecular flexibility index (Phi) is 3.88. The number of amides is 1. The van der Waals surface area contributed by atoms with E-state index in [-0.39, 0.29) is 11.9 Å². The molecule has 0 aromatic heterocycles. The van der Waals surface area contributed by atoms with Crippen molar-refractivity contribution in [3.8, 4) is 0 Å². The van der Waals surface area contributed by atoms with E-state index in [9.17, 15) is 9.59 Å². The van der Waals surface area contributed by atoms with Crippen LogP contribution in [0.3, 0.4) is 0 Å². The van der Waals surface area contributed by atoms with E-state index in [4.69, 9.17) is 4.74 Å². The second-order valence-electron chi connectivity index (χ2n) is 3.68. The van der Waals surface area contributed by atoms with Gasteiger partial charge in [0.15, 0.2) is 0 Å². The van der Waals surface area contributed by atoms with E-state index in [1.807, 2.05) is 0 Å². The number of carbonyl (C=O) groups is 2. The fraction of sp³-hybridized carbons (Fsp3) is 0.636. The van der Waals surface area contributed by atoms with E-state index in [1.54, 1.807) is 13.0 Å². The smallest absolute Gasteiger partial charge is 0.331 e. The molecule has 15 heavy (non-hydrogen) atoms. The van der Waals surface area contributed by atoms with Crippen molar-refractivity contribution in [3.63, 3.8) is 0 Å². The van der Waals surface area contributed by atoms with Gasteiger partial charge in [-0.05, 0) is 26.2 Å². The van der Waals surface area contributed by atoms with E-state index < -0.39 is 5.54 Å². The number of nitrogens with one attached hydrogen (secondary N) is 1. The minimum absolute atomic E-state index is 0.0767. The molecular formula is C11H17NO3. The maximum absolute atomic E-state index is 11.7. The third-order valence-electron chi connectivity index (χ3n) is 2.60. The zero-order chi connectivity index (χ0) is 11.3. The summed E-state index contributed by atoms with van der Waals surface area (Å²) in [5.74, 6) is -0.398. The molecule has 1 atom stereocenters. The molecule has 0 saturated carbocycles. The molecule has 1 aliphatic heterocycles. The first-order valence-electron chi connectivity index (χ1n) is 5.24. The molecule has 84 valence electrons. The number of hydrogen-bond acceptors (Lipinski definition) is 3. The molecule has 1 aliphatic rings. The van der Waals surface area contributed by atoms with Crippen LogP contribution in [-0.4, -0.2) is 24.0 Å². The third-order valence-corrected chi connectivity index (χ3v) is 2.60. The molecule has 1 saturated heterocycles. The summed E-state index contributed by atoms with van der Waals surface area (Å²) in [6.45, 7) is 5.71. The lowest BCUT2D eigenvalue weighted by Crippen LogP contribution is -2.49. The highest BCUT2D eigenvalue weighted by Gasteiger charge is 2.44. The molecule has 0 aromatic rings. The number of rotatable bonds is 5. The normalized spacial score (nSPS) is 24.7. The molecule has 1 rings (SSSR count). The molecule has 0 aliphatic carbocycles. The average Bonchev–Trinajstić information content (AvgIpc) is 2.59. The molecule has 1 heterocycles. The summed E-state index contributed by atoms with van der Waals surface area (Å²) in [4.78, 5) is 22.9. The Bertz CT molecular complexity index is 275. The van der Waals surface area contributed by atoms with Crippen molar-refractivity contribution in [2.24, 2.45) is 0 Å². The maximum Gasteiger partial charge on any atom is 0.331 e. The molecule has 0 aromatic carbocycles. The molecule has 1 N–H and O–H groups in total. The minimum Gasteiger partial charge on any atom is -0.464 e. The summed E-state index contributed by atoms with van der Waals surface area (Å²) < 4.78 is 4.99. The van der Waals surface area contributed by atoms with Gasteiger partial charge >= 0.3 is 5.97 Å². The summed E-state index contributed by atoms with van der Waals surface area (Å²) in [6, 6.07) is 0. The molecule has 0 bridgehead atoms. The van der Waals surface area contributed by atoms with Crippen molar-refractivity contribution in [1.29, 1.82) is 0 Å². The first-order valence-corrected chi connectivity index (χ1v) is 5.24. The first kappa shape index (κ1) is 11.8. The van der Waals surface area contributed by atoms with Gasteiger partial charge in [-0.3, -0.25) is 4.79 Å². The molecular weight excluding hydrogens is 194 g/mol. The Morgan fingerprint density at radius 3 is 2.93 bits per heavy atom. The van der Waals surface area contributed by atoms with E-state index in [2.05, 4.69) is 11.9 Å². The fourth-order valence-corrected chi connectivity index (χ4v) is 1.78. The Morgan fingerprint density at radius 2 is 2.47 bits per heavy atom. The largest absolute Gasteiger partial charge is 0.464 e. The van der Waals surface area contributed by atoms with Gasteiger partial charge in [0.1, 0.15) is 5.54 Å². The van der Waals surface area contributed by atoms with Crippen LogP contribution in [-0.2, 0) is 14.3 Å². The number of allylic oxidation sites excluding steroid dienone is 1. The second kappa shape index (κ2) is 4.96. The van der Waals surface area contributed by atoms with Crippen molar-refractivity contribution in [2.75, 3.05) is 6.61 Å². The predicted molar refractivity (Wildman–Crippen MR) is 56.2 cm³/mol. The Hall–Kier alpha value is -1.32. The first-order chi connectivity index (χ1) is 7.14. The van der Waals surface area contributed by atoms with Crippen LogP contribution in [0.1, 0.15) is 32.6 Å². The molecule has 0 radical (unpaired) electrons. The van der Waals surface area contributed by atoms with Crippen molar-refractivity contribution in [3.05, 3.63) is 12.7 Å². The summed E-state index contributed by atoms with van der Waals surface area (Å²) in [7, 11) is 0. The summed E-state index contributed by atoms with van der Waals surface area (Å²) in [5, 5.41) is 2.73. The van der Waals surface area contributed by atoms with Gasteiger partial charge in [0, 0.05) is 6.42 Å². The van der Waals surface area contributed by atoms with Crippen molar-refractivity contribution in [1.82, 2.24) is 5.32 Å². The van der Waals surface area contributed by atoms with E-state index >= 15 is 0 Å². The van der Waals surface area contributed by atoms with Gasteiger partial charge in [-0.2, -0.15) is 0 Å². The Balaban J connectivity index is 2.72. The second-order valence-corrected chi connectivity index (χ2v) is 3.68. The van der Waals surface area contributed by atoms with Crippen molar-refractivity contribution in [2.45, 2.75) is 38.1 Å². The lowest BCUT2D eigenvalue weighted by molar-refractivity contribution is -0.151. The predicted octanol–water partition coefficient (Wildman–Crippen LogP) is 1.16. The molecule has 0 spiro atoms. The molecule has 4 heteroatoms. The highest BCUT2D eigenvalue weighted by molar-refractivity contribution is 5.91. The number of carbonyl (C=O) groups excluding carboxylic acids is 2. The number of ether oxygens (including phenoxy) is 1. The Morgan fingerprint density at radius 1 is 1.73 bits per heavy atom. The van der Waals surface area contributed by atoms with Crippen molar-refractivity contribution >= 4 is 11.9 Å². The van der Waals surface area contributed by atoms with E-state index in [0.717, 1.165) is 0 Å². The quantitative estimate of drug-likeness (QED) is 0.548. The minimum atomic E-state index is -0.804. The van der Waals surface area contributed by atoms with Gasteiger partial charge in [0.05, 0.1) is 6.61 Å². The van der Waals surface area contributed by atoms with Gasteiger partial charge in [0.25, 0.3) is 0 Å². The van der Waals surface area contributed by atoms with Gasteiger partial charge in [-0.25, -0.2) is 4.79 Å². The van der Waals surface area contributed by atoms with Gasteiger partial charge < -0.3 is 10.1 Å². The SMILES string of the molecule is C=CCCC1(C(=O)OCC)CCC(=O)N1. The summed E-state index contributed by atoms with van der Waals surface area (Å²) in [6.07, 6.45) is 3.93.